The molecule has 0 saturated carbocycles. The van der Waals surface area contributed by atoms with Crippen LogP contribution in [0.3, 0.4) is 0 Å². The molecule has 0 heterocycles. The summed E-state index contributed by atoms with van der Waals surface area (Å²) in [5, 5.41) is 0.569. The predicted octanol–water partition coefficient (Wildman–Crippen LogP) is 2.66. The number of nitrogens with two attached hydrogens (primary N) is 1. The second kappa shape index (κ2) is 7.37. The topological polar surface area (TPSA) is 52.3 Å². The van der Waals surface area contributed by atoms with E-state index in [1.807, 2.05) is 0 Å². The van der Waals surface area contributed by atoms with Crippen molar-refractivity contribution in [3.8, 4) is 0 Å². The first-order valence-corrected chi connectivity index (χ1v) is 5.05. The second-order valence-corrected chi connectivity index (χ2v) is 3.47. The number of esters is 1. The summed E-state index contributed by atoms with van der Waals surface area (Å²) in [5.41, 5.74) is 5.59. The van der Waals surface area contributed by atoms with E-state index in [0.29, 0.717) is 12.2 Å². The van der Waals surface area contributed by atoms with E-state index in [4.69, 9.17) is 33.7 Å². The Labute approximate surface area is 99.2 Å². The minimum Gasteiger partial charge on any atom is -0.466 e. The van der Waals surface area contributed by atoms with Crippen LogP contribution in [0.5, 0.6) is 0 Å². The summed E-state index contributed by atoms with van der Waals surface area (Å²) in [4.78, 5) is 11.1. The van der Waals surface area contributed by atoms with Crippen molar-refractivity contribution in [2.75, 3.05) is 6.61 Å². The lowest BCUT2D eigenvalue weighted by atomic mass is 10.2. The first-order valence-electron chi connectivity index (χ1n) is 4.29. The van der Waals surface area contributed by atoms with Crippen molar-refractivity contribution in [3.63, 3.8) is 0 Å². The second-order valence-electron chi connectivity index (χ2n) is 2.63. The third kappa shape index (κ3) is 6.20. The van der Waals surface area contributed by atoms with E-state index in [-0.39, 0.29) is 22.5 Å². The molecule has 0 radical (unpaired) electrons. The summed E-state index contributed by atoms with van der Waals surface area (Å²) in [5.74, 6) is -0.373. The molecule has 0 aliphatic carbocycles. The van der Waals surface area contributed by atoms with Crippen LogP contribution < -0.4 is 5.73 Å². The Hall–Kier alpha value is -0.930. The number of hydrogen-bond donors (Lipinski definition) is 1. The molecule has 0 spiro atoms. The maximum Gasteiger partial charge on any atom is 0.310 e. The highest BCUT2D eigenvalue weighted by Crippen LogP contribution is 2.20. The lowest BCUT2D eigenvalue weighted by Crippen LogP contribution is -2.04. The van der Waals surface area contributed by atoms with Gasteiger partial charge in [0.1, 0.15) is 0 Å². The Kier molecular flexibility index (Phi) is 6.92. The van der Waals surface area contributed by atoms with E-state index in [1.165, 1.54) is 12.3 Å². The Balaban J connectivity index is 4.34. The molecule has 0 bridgehead atoms. The molecular weight excluding hydrogens is 237 g/mol. The third-order valence-corrected chi connectivity index (χ3v) is 2.04. The molecule has 3 nitrogen and oxygen atoms in total. The fourth-order valence-corrected chi connectivity index (χ4v) is 1.09. The molecule has 15 heavy (non-hydrogen) atoms. The number of carbonyl (C=O) groups is 1. The molecule has 0 aromatic carbocycles. The van der Waals surface area contributed by atoms with Crippen LogP contribution in [-0.4, -0.2) is 12.6 Å². The molecule has 2 N–H and O–H groups in total. The lowest BCUT2D eigenvalue weighted by molar-refractivity contribution is -0.142. The van der Waals surface area contributed by atoms with Gasteiger partial charge >= 0.3 is 5.97 Å². The van der Waals surface area contributed by atoms with Crippen molar-refractivity contribution in [1.82, 2.24) is 0 Å². The zero-order valence-electron chi connectivity index (χ0n) is 8.43. The number of halogens is 2. The highest BCUT2D eigenvalue weighted by atomic mass is 35.5. The fraction of sp³-hybridized carbons (Fsp3) is 0.300. The average molecular weight is 250 g/mol. The van der Waals surface area contributed by atoms with Crippen molar-refractivity contribution < 1.29 is 9.53 Å². The van der Waals surface area contributed by atoms with Gasteiger partial charge in [-0.15, -0.1) is 0 Å². The molecule has 5 heteroatoms. The molecule has 0 amide bonds. The first-order chi connectivity index (χ1) is 7.01. The van der Waals surface area contributed by atoms with Crippen LogP contribution in [0.2, 0.25) is 0 Å². The van der Waals surface area contributed by atoms with Crippen LogP contribution >= 0.6 is 23.2 Å². The molecular formula is C10H13Cl2NO2. The van der Waals surface area contributed by atoms with Gasteiger partial charge < -0.3 is 10.5 Å². The average Bonchev–Trinajstić information content (AvgIpc) is 2.17. The molecule has 0 atom stereocenters. The lowest BCUT2D eigenvalue weighted by Gasteiger charge is -2.04. The van der Waals surface area contributed by atoms with Crippen molar-refractivity contribution in [2.45, 2.75) is 13.3 Å². The van der Waals surface area contributed by atoms with Crippen LogP contribution in [0.25, 0.3) is 0 Å². The van der Waals surface area contributed by atoms with Gasteiger partial charge in [0.25, 0.3) is 0 Å². The number of allylic oxidation sites excluding steroid dienone is 3. The SMILES string of the molecule is C=C(CC(=O)OCC)/C(Cl)=C\C(Cl)=C/N. The number of carbonyl (C=O) groups excluding carboxylic acids is 1. The molecule has 0 rings (SSSR count). The van der Waals surface area contributed by atoms with Gasteiger partial charge in [0.15, 0.2) is 0 Å². The Morgan fingerprint density at radius 2 is 2.13 bits per heavy atom. The maximum atomic E-state index is 11.1. The zero-order valence-corrected chi connectivity index (χ0v) is 9.94. The van der Waals surface area contributed by atoms with Crippen molar-refractivity contribution in [3.05, 3.63) is 34.5 Å². The number of rotatable bonds is 5. The van der Waals surface area contributed by atoms with E-state index in [9.17, 15) is 4.79 Å². The number of hydrogen-bond acceptors (Lipinski definition) is 3. The number of ether oxygens (including phenoxy) is 1. The van der Waals surface area contributed by atoms with Gasteiger partial charge in [-0.2, -0.15) is 0 Å². The van der Waals surface area contributed by atoms with E-state index >= 15 is 0 Å². The fourth-order valence-electron chi connectivity index (χ4n) is 0.742. The summed E-state index contributed by atoms with van der Waals surface area (Å²) in [6, 6.07) is 0. The van der Waals surface area contributed by atoms with Gasteiger partial charge in [0, 0.05) is 11.2 Å². The van der Waals surface area contributed by atoms with Crippen LogP contribution in [0.15, 0.2) is 34.5 Å². The highest BCUT2D eigenvalue weighted by molar-refractivity contribution is 6.35. The van der Waals surface area contributed by atoms with Gasteiger partial charge in [-0.25, -0.2) is 0 Å². The standard InChI is InChI=1S/C10H13Cl2NO2/c1-3-15-10(14)4-7(2)9(12)5-8(11)6-13/h5-6H,2-4,13H2,1H3/b8-6+,9-5+. The molecule has 0 aliphatic heterocycles. The van der Waals surface area contributed by atoms with E-state index < -0.39 is 0 Å². The van der Waals surface area contributed by atoms with Crippen LogP contribution in [0.4, 0.5) is 0 Å². The maximum absolute atomic E-state index is 11.1. The predicted molar refractivity (Wildman–Crippen MR) is 62.4 cm³/mol. The van der Waals surface area contributed by atoms with Crippen molar-refractivity contribution >= 4 is 29.2 Å². The van der Waals surface area contributed by atoms with Crippen LogP contribution in [0, 0.1) is 0 Å². The van der Waals surface area contributed by atoms with Gasteiger partial charge in [-0.05, 0) is 18.6 Å². The zero-order chi connectivity index (χ0) is 11.8. The summed E-state index contributed by atoms with van der Waals surface area (Å²) in [6.07, 6.45) is 2.66. The summed E-state index contributed by atoms with van der Waals surface area (Å²) in [7, 11) is 0. The van der Waals surface area contributed by atoms with Gasteiger partial charge in [-0.1, -0.05) is 29.8 Å². The molecule has 0 aromatic rings. The van der Waals surface area contributed by atoms with Crippen molar-refractivity contribution in [2.24, 2.45) is 5.73 Å². The third-order valence-electron chi connectivity index (χ3n) is 1.42. The van der Waals surface area contributed by atoms with Gasteiger partial charge in [0.2, 0.25) is 0 Å². The molecule has 0 aliphatic rings. The van der Waals surface area contributed by atoms with Crippen LogP contribution in [0.1, 0.15) is 13.3 Å². The van der Waals surface area contributed by atoms with E-state index in [2.05, 4.69) is 6.58 Å². The van der Waals surface area contributed by atoms with Crippen molar-refractivity contribution in [1.29, 1.82) is 0 Å². The van der Waals surface area contributed by atoms with Crippen LogP contribution in [-0.2, 0) is 9.53 Å². The van der Waals surface area contributed by atoms with E-state index in [1.54, 1.807) is 6.92 Å². The Morgan fingerprint density at radius 1 is 1.53 bits per heavy atom. The van der Waals surface area contributed by atoms with Gasteiger partial charge in [0.05, 0.1) is 18.1 Å². The normalized spacial score (nSPS) is 12.5. The summed E-state index contributed by atoms with van der Waals surface area (Å²) < 4.78 is 4.74. The molecule has 0 unspecified atom stereocenters. The Morgan fingerprint density at radius 3 is 2.60 bits per heavy atom. The molecule has 84 valence electrons. The molecule has 0 saturated heterocycles. The minimum atomic E-state index is -0.373. The largest absolute Gasteiger partial charge is 0.466 e. The monoisotopic (exact) mass is 249 g/mol. The summed E-state index contributed by atoms with van der Waals surface area (Å²) in [6.45, 7) is 5.70. The highest BCUT2D eigenvalue weighted by Gasteiger charge is 2.07. The van der Waals surface area contributed by atoms with E-state index in [0.717, 1.165) is 0 Å². The summed E-state index contributed by atoms with van der Waals surface area (Å²) >= 11 is 11.4. The minimum absolute atomic E-state index is 0.0396. The first kappa shape index (κ1) is 14.1. The van der Waals surface area contributed by atoms with Gasteiger partial charge in [-0.3, -0.25) is 4.79 Å². The molecule has 0 fully saturated rings. The smallest absolute Gasteiger partial charge is 0.310 e. The Bertz CT molecular complexity index is 309. The molecule has 0 aromatic heterocycles. The quantitative estimate of drug-likeness (QED) is 0.602.